The highest BCUT2D eigenvalue weighted by atomic mass is 19.3. The topological polar surface area (TPSA) is 29.5 Å². The van der Waals surface area contributed by atoms with Gasteiger partial charge in [0.15, 0.2) is 0 Å². The van der Waals surface area contributed by atoms with Gasteiger partial charge in [0.05, 0.1) is 17.6 Å². The van der Waals surface area contributed by atoms with Crippen LogP contribution < -0.4 is 4.74 Å². The molecule has 1 N–H and O–H groups in total. The number of halogens is 2. The van der Waals surface area contributed by atoms with Crippen LogP contribution in [0.5, 0.6) is 5.75 Å². The summed E-state index contributed by atoms with van der Waals surface area (Å²) in [5.41, 5.74) is -1.01. The number of benzene rings is 1. The Labute approximate surface area is 119 Å². The molecule has 0 fully saturated rings. The summed E-state index contributed by atoms with van der Waals surface area (Å²) in [6.07, 6.45) is -1.32. The second-order valence-corrected chi connectivity index (χ2v) is 5.26. The van der Waals surface area contributed by atoms with Crippen LogP contribution in [0.4, 0.5) is 8.78 Å². The van der Waals surface area contributed by atoms with E-state index in [1.807, 2.05) is 13.8 Å². The maximum absolute atomic E-state index is 12.9. The lowest BCUT2D eigenvalue weighted by molar-refractivity contribution is -0.0847. The zero-order valence-electron chi connectivity index (χ0n) is 12.6. The zero-order valence-corrected chi connectivity index (χ0v) is 12.6. The van der Waals surface area contributed by atoms with E-state index in [0.717, 1.165) is 6.42 Å². The van der Waals surface area contributed by atoms with E-state index < -0.39 is 17.9 Å². The normalized spacial score (nSPS) is 17.6. The van der Waals surface area contributed by atoms with Crippen LogP contribution in [0.25, 0.3) is 0 Å². The van der Waals surface area contributed by atoms with E-state index in [9.17, 15) is 13.9 Å². The molecular weight excluding hydrogens is 262 g/mol. The van der Waals surface area contributed by atoms with Crippen molar-refractivity contribution in [2.75, 3.05) is 0 Å². The number of hydrogen-bond donors (Lipinski definition) is 1. The highest BCUT2D eigenvalue weighted by Crippen LogP contribution is 2.37. The fourth-order valence-corrected chi connectivity index (χ4v) is 2.14. The fraction of sp³-hybridized carbons (Fsp3) is 0.625. The third-order valence-electron chi connectivity index (χ3n) is 3.94. The van der Waals surface area contributed by atoms with Gasteiger partial charge in [-0.1, -0.05) is 32.9 Å². The van der Waals surface area contributed by atoms with Gasteiger partial charge in [0.2, 0.25) is 6.43 Å². The number of rotatable bonds is 7. The molecule has 0 radical (unpaired) electrons. The summed E-state index contributed by atoms with van der Waals surface area (Å²) >= 11 is 0. The predicted molar refractivity (Wildman–Crippen MR) is 76.2 cm³/mol. The number of alkyl halides is 2. The molecule has 0 saturated carbocycles. The average Bonchev–Trinajstić information content (AvgIpc) is 2.46. The number of aliphatic hydroxyl groups is 1. The monoisotopic (exact) mass is 286 g/mol. The highest BCUT2D eigenvalue weighted by Gasteiger charge is 2.39. The lowest BCUT2D eigenvalue weighted by Gasteiger charge is -2.33. The molecule has 0 saturated heterocycles. The second kappa shape index (κ2) is 7.02. The van der Waals surface area contributed by atoms with E-state index in [2.05, 4.69) is 0 Å². The maximum atomic E-state index is 12.9. The first-order chi connectivity index (χ1) is 9.35. The molecule has 114 valence electrons. The van der Waals surface area contributed by atoms with Crippen molar-refractivity contribution >= 4 is 0 Å². The van der Waals surface area contributed by atoms with Crippen LogP contribution in [-0.2, 0) is 5.60 Å². The number of ether oxygens (including phenoxy) is 1. The van der Waals surface area contributed by atoms with Crippen LogP contribution in [0.1, 0.15) is 46.1 Å². The predicted octanol–water partition coefficient (Wildman–Crippen LogP) is 4.36. The fourth-order valence-electron chi connectivity index (χ4n) is 2.14. The Morgan fingerprint density at radius 1 is 1.15 bits per heavy atom. The molecule has 0 aliphatic carbocycles. The van der Waals surface area contributed by atoms with Crippen LogP contribution in [0.15, 0.2) is 24.3 Å². The molecule has 1 aromatic carbocycles. The summed E-state index contributed by atoms with van der Waals surface area (Å²) in [7, 11) is 0. The Hall–Kier alpha value is -1.16. The third-order valence-corrected chi connectivity index (χ3v) is 3.94. The largest absolute Gasteiger partial charge is 0.491 e. The van der Waals surface area contributed by atoms with Gasteiger partial charge in [0, 0.05) is 0 Å². The molecule has 0 bridgehead atoms. The summed E-state index contributed by atoms with van der Waals surface area (Å²) in [6, 6.07) is 6.78. The van der Waals surface area contributed by atoms with Gasteiger partial charge in [-0.25, -0.2) is 8.78 Å². The molecule has 0 amide bonds. The Kier molecular flexibility index (Phi) is 5.93. The average molecular weight is 286 g/mol. The highest BCUT2D eigenvalue weighted by molar-refractivity contribution is 5.31. The molecule has 0 heterocycles. The van der Waals surface area contributed by atoms with E-state index in [4.69, 9.17) is 4.74 Å². The molecule has 20 heavy (non-hydrogen) atoms. The van der Waals surface area contributed by atoms with Gasteiger partial charge in [-0.05, 0) is 37.5 Å². The Bertz CT molecular complexity index is 405. The molecule has 0 spiro atoms. The van der Waals surface area contributed by atoms with Crippen molar-refractivity contribution in [3.63, 3.8) is 0 Å². The van der Waals surface area contributed by atoms with Crippen molar-refractivity contribution in [1.82, 2.24) is 0 Å². The van der Waals surface area contributed by atoms with Gasteiger partial charge >= 0.3 is 0 Å². The number of hydrogen-bond acceptors (Lipinski definition) is 2. The van der Waals surface area contributed by atoms with Crippen LogP contribution in [0.2, 0.25) is 0 Å². The van der Waals surface area contributed by atoms with Gasteiger partial charge < -0.3 is 9.84 Å². The van der Waals surface area contributed by atoms with Crippen molar-refractivity contribution in [2.24, 2.45) is 5.92 Å². The van der Waals surface area contributed by atoms with E-state index in [0.29, 0.717) is 11.3 Å². The Morgan fingerprint density at radius 3 is 2.10 bits per heavy atom. The van der Waals surface area contributed by atoms with Gasteiger partial charge in [-0.15, -0.1) is 0 Å². The van der Waals surface area contributed by atoms with Crippen molar-refractivity contribution in [3.05, 3.63) is 29.8 Å². The standard InChI is InChI=1S/C16H24F2O2/c1-5-11(3)20-14-9-7-13(8-10-14)16(19,6-2)12(4)15(17)18/h7-12,15,19H,5-6H2,1-4H3. The lowest BCUT2D eigenvalue weighted by atomic mass is 9.80. The Morgan fingerprint density at radius 2 is 1.70 bits per heavy atom. The van der Waals surface area contributed by atoms with E-state index in [1.165, 1.54) is 6.92 Å². The molecule has 2 nitrogen and oxygen atoms in total. The maximum Gasteiger partial charge on any atom is 0.244 e. The minimum absolute atomic E-state index is 0.103. The van der Waals surface area contributed by atoms with Crippen molar-refractivity contribution in [2.45, 2.75) is 58.7 Å². The van der Waals surface area contributed by atoms with Crippen LogP contribution >= 0.6 is 0 Å². The first-order valence-electron chi connectivity index (χ1n) is 7.12. The van der Waals surface area contributed by atoms with Crippen LogP contribution in [0.3, 0.4) is 0 Å². The van der Waals surface area contributed by atoms with E-state index >= 15 is 0 Å². The molecule has 0 aromatic heterocycles. The summed E-state index contributed by atoms with van der Waals surface area (Å²) in [5, 5.41) is 10.5. The van der Waals surface area contributed by atoms with Gasteiger partial charge in [-0.2, -0.15) is 0 Å². The van der Waals surface area contributed by atoms with Gasteiger partial charge in [0.1, 0.15) is 5.75 Å². The van der Waals surface area contributed by atoms with E-state index in [-0.39, 0.29) is 12.5 Å². The molecule has 0 aliphatic heterocycles. The van der Waals surface area contributed by atoms with Gasteiger partial charge in [0.25, 0.3) is 0 Å². The molecule has 1 aromatic rings. The Balaban J connectivity index is 2.95. The molecule has 0 aliphatic rings. The first-order valence-corrected chi connectivity index (χ1v) is 7.12. The molecule has 1 rings (SSSR count). The molecule has 4 heteroatoms. The van der Waals surface area contributed by atoms with Crippen LogP contribution in [0, 0.1) is 5.92 Å². The summed E-state index contributed by atoms with van der Waals surface area (Å²) in [6.45, 7) is 7.08. The van der Waals surface area contributed by atoms with Crippen molar-refractivity contribution in [1.29, 1.82) is 0 Å². The minimum Gasteiger partial charge on any atom is -0.491 e. The summed E-state index contributed by atoms with van der Waals surface area (Å²) < 4.78 is 31.5. The van der Waals surface area contributed by atoms with E-state index in [1.54, 1.807) is 31.2 Å². The van der Waals surface area contributed by atoms with Crippen molar-refractivity contribution in [3.8, 4) is 5.75 Å². The quantitative estimate of drug-likeness (QED) is 0.807. The summed E-state index contributed by atoms with van der Waals surface area (Å²) in [4.78, 5) is 0. The minimum atomic E-state index is -2.56. The van der Waals surface area contributed by atoms with Crippen LogP contribution in [-0.4, -0.2) is 17.6 Å². The second-order valence-electron chi connectivity index (χ2n) is 5.26. The first kappa shape index (κ1) is 16.9. The molecular formula is C16H24F2O2. The molecule has 3 unspecified atom stereocenters. The summed E-state index contributed by atoms with van der Waals surface area (Å²) in [5.74, 6) is -0.430. The van der Waals surface area contributed by atoms with Crippen molar-refractivity contribution < 1.29 is 18.6 Å². The lowest BCUT2D eigenvalue weighted by Crippen LogP contribution is -2.36. The SMILES string of the molecule is CCC(C)Oc1ccc(C(O)(CC)C(C)C(F)F)cc1. The third kappa shape index (κ3) is 3.69. The zero-order chi connectivity index (χ0) is 15.3. The molecule has 3 atom stereocenters. The van der Waals surface area contributed by atoms with Gasteiger partial charge in [-0.3, -0.25) is 0 Å². The smallest absolute Gasteiger partial charge is 0.244 e.